The van der Waals surface area contributed by atoms with E-state index < -0.39 is 0 Å². The summed E-state index contributed by atoms with van der Waals surface area (Å²) in [6.45, 7) is 4.09. The molecule has 1 saturated carbocycles. The minimum atomic E-state index is 0.0649. The topological polar surface area (TPSA) is 79.9 Å². The minimum absolute atomic E-state index is 0.0649. The van der Waals surface area contributed by atoms with E-state index in [1.165, 1.54) is 12.8 Å². The van der Waals surface area contributed by atoms with Crippen LogP contribution in [0.4, 0.5) is 0 Å². The van der Waals surface area contributed by atoms with E-state index in [0.29, 0.717) is 11.3 Å². The maximum Gasteiger partial charge on any atom is 0.173 e. The summed E-state index contributed by atoms with van der Waals surface area (Å²) in [7, 11) is 1.57. The lowest BCUT2D eigenvalue weighted by molar-refractivity contribution is 0.318. The molecule has 1 atom stereocenters. The van der Waals surface area contributed by atoms with Crippen molar-refractivity contribution in [3.63, 3.8) is 0 Å². The highest BCUT2D eigenvalue weighted by atomic mass is 16.5. The molecule has 5 heteroatoms. The van der Waals surface area contributed by atoms with Crippen molar-refractivity contribution in [1.29, 1.82) is 0 Å². The fourth-order valence-electron chi connectivity index (χ4n) is 2.40. The first-order valence-corrected chi connectivity index (χ1v) is 7.01. The van der Waals surface area contributed by atoms with Gasteiger partial charge < -0.3 is 21.0 Å². The van der Waals surface area contributed by atoms with E-state index in [1.807, 2.05) is 18.2 Å². The van der Waals surface area contributed by atoms with E-state index in [0.717, 1.165) is 30.5 Å². The molecule has 0 amide bonds. The van der Waals surface area contributed by atoms with Crippen LogP contribution < -0.4 is 15.8 Å². The lowest BCUT2D eigenvalue weighted by Gasteiger charge is -2.13. The molecule has 0 aliphatic heterocycles. The molecule has 0 radical (unpaired) electrons. The highest BCUT2D eigenvalue weighted by Gasteiger charge is 2.27. The summed E-state index contributed by atoms with van der Waals surface area (Å²) in [5, 5.41) is 15.3. The molecule has 0 heterocycles. The largest absolute Gasteiger partial charge is 0.496 e. The van der Waals surface area contributed by atoms with E-state index >= 15 is 0 Å². The van der Waals surface area contributed by atoms with Gasteiger partial charge in [-0.25, -0.2) is 0 Å². The van der Waals surface area contributed by atoms with Crippen LogP contribution in [0.5, 0.6) is 5.75 Å². The second-order valence-electron chi connectivity index (χ2n) is 5.47. The van der Waals surface area contributed by atoms with Gasteiger partial charge in [-0.15, -0.1) is 0 Å². The Labute approximate surface area is 119 Å². The molecule has 0 spiro atoms. The molecular formula is C15H23N3O2. The summed E-state index contributed by atoms with van der Waals surface area (Å²) >= 11 is 0. The van der Waals surface area contributed by atoms with Crippen molar-refractivity contribution < 1.29 is 9.94 Å². The molecule has 0 bridgehead atoms. The Morgan fingerprint density at radius 3 is 2.90 bits per heavy atom. The van der Waals surface area contributed by atoms with Crippen LogP contribution in [0.15, 0.2) is 23.4 Å². The molecule has 0 saturated heterocycles. The highest BCUT2D eigenvalue weighted by Crippen LogP contribution is 2.36. The van der Waals surface area contributed by atoms with Gasteiger partial charge in [-0.1, -0.05) is 18.1 Å². The van der Waals surface area contributed by atoms with Crippen LogP contribution in [0.25, 0.3) is 0 Å². The minimum Gasteiger partial charge on any atom is -0.496 e. The Morgan fingerprint density at radius 1 is 1.55 bits per heavy atom. The third-order valence-corrected chi connectivity index (χ3v) is 3.87. The second kappa shape index (κ2) is 6.61. The third-order valence-electron chi connectivity index (χ3n) is 3.87. The van der Waals surface area contributed by atoms with Crippen molar-refractivity contribution in [2.24, 2.45) is 22.7 Å². The normalized spacial score (nSPS) is 17.0. The number of hydrogen-bond acceptors (Lipinski definition) is 4. The lowest BCUT2D eigenvalue weighted by Crippen LogP contribution is -2.22. The number of methoxy groups -OCH3 is 1. The molecule has 1 fully saturated rings. The molecule has 1 aliphatic rings. The number of hydrogen-bond donors (Lipinski definition) is 3. The van der Waals surface area contributed by atoms with Gasteiger partial charge in [-0.3, -0.25) is 0 Å². The highest BCUT2D eigenvalue weighted by molar-refractivity contribution is 5.99. The summed E-state index contributed by atoms with van der Waals surface area (Å²) in [6.07, 6.45) is 2.75. The number of oxime groups is 1. The zero-order chi connectivity index (χ0) is 14.5. The quantitative estimate of drug-likeness (QED) is 0.308. The molecule has 0 aromatic heterocycles. The number of nitrogens with zero attached hydrogens (tertiary/aromatic N) is 1. The summed E-state index contributed by atoms with van der Waals surface area (Å²) < 4.78 is 5.21. The first kappa shape index (κ1) is 14.7. The van der Waals surface area contributed by atoms with Crippen molar-refractivity contribution >= 4 is 5.84 Å². The van der Waals surface area contributed by atoms with Gasteiger partial charge in [-0.2, -0.15) is 0 Å². The molecule has 110 valence electrons. The predicted octanol–water partition coefficient (Wildman–Crippen LogP) is 1.93. The first-order chi connectivity index (χ1) is 9.65. The second-order valence-corrected chi connectivity index (χ2v) is 5.47. The van der Waals surface area contributed by atoms with E-state index in [2.05, 4.69) is 17.4 Å². The van der Waals surface area contributed by atoms with Crippen molar-refractivity contribution in [3.8, 4) is 5.75 Å². The average Bonchev–Trinajstić information content (AvgIpc) is 3.30. The van der Waals surface area contributed by atoms with Gasteiger partial charge in [0.2, 0.25) is 0 Å². The molecule has 20 heavy (non-hydrogen) atoms. The van der Waals surface area contributed by atoms with E-state index in [9.17, 15) is 0 Å². The molecule has 5 nitrogen and oxygen atoms in total. The van der Waals surface area contributed by atoms with Crippen LogP contribution in [-0.2, 0) is 6.54 Å². The van der Waals surface area contributed by atoms with Gasteiger partial charge in [-0.05, 0) is 48.9 Å². The first-order valence-electron chi connectivity index (χ1n) is 7.01. The van der Waals surface area contributed by atoms with Crippen LogP contribution >= 0.6 is 0 Å². The van der Waals surface area contributed by atoms with Crippen LogP contribution in [0, 0.1) is 11.8 Å². The fourth-order valence-corrected chi connectivity index (χ4v) is 2.40. The number of benzene rings is 1. The lowest BCUT2D eigenvalue weighted by atomic mass is 10.1. The smallest absolute Gasteiger partial charge is 0.173 e. The zero-order valence-electron chi connectivity index (χ0n) is 12.1. The predicted molar refractivity (Wildman–Crippen MR) is 79.1 cm³/mol. The van der Waals surface area contributed by atoms with Crippen LogP contribution in [-0.4, -0.2) is 24.7 Å². The summed E-state index contributed by atoms with van der Waals surface area (Å²) in [6, 6.07) is 5.72. The molecule has 1 aliphatic carbocycles. The van der Waals surface area contributed by atoms with Crippen LogP contribution in [0.3, 0.4) is 0 Å². The fraction of sp³-hybridized carbons (Fsp3) is 0.533. The van der Waals surface area contributed by atoms with Gasteiger partial charge in [0.15, 0.2) is 5.84 Å². The number of nitrogens with two attached hydrogens (primary N) is 1. The molecule has 1 aromatic rings. The Morgan fingerprint density at radius 2 is 2.30 bits per heavy atom. The standard InChI is InChI=1S/C15H23N3O2/c1-10(12-4-5-12)8-17-9-11-3-6-14(20-2)13(7-11)15(16)18-19/h3,6-7,10,12,17,19H,4-5,8-9H2,1-2H3,(H2,16,18). The van der Waals surface area contributed by atoms with E-state index in [1.54, 1.807) is 7.11 Å². The number of amidine groups is 1. The Bertz CT molecular complexity index is 484. The van der Waals surface area contributed by atoms with Gasteiger partial charge in [0, 0.05) is 6.54 Å². The van der Waals surface area contributed by atoms with Crippen molar-refractivity contribution in [2.75, 3.05) is 13.7 Å². The van der Waals surface area contributed by atoms with Gasteiger partial charge in [0.1, 0.15) is 5.75 Å². The Kier molecular flexibility index (Phi) is 4.84. The molecular weight excluding hydrogens is 254 g/mol. The summed E-state index contributed by atoms with van der Waals surface area (Å²) in [4.78, 5) is 0. The molecule has 1 unspecified atom stereocenters. The van der Waals surface area contributed by atoms with Gasteiger partial charge >= 0.3 is 0 Å². The molecule has 1 aromatic carbocycles. The summed E-state index contributed by atoms with van der Waals surface area (Å²) in [5.74, 6) is 2.31. The van der Waals surface area contributed by atoms with Crippen LogP contribution in [0.2, 0.25) is 0 Å². The van der Waals surface area contributed by atoms with E-state index in [-0.39, 0.29) is 5.84 Å². The third kappa shape index (κ3) is 3.63. The number of rotatable bonds is 7. The zero-order valence-corrected chi connectivity index (χ0v) is 12.1. The summed E-state index contributed by atoms with van der Waals surface area (Å²) in [5.41, 5.74) is 7.37. The van der Waals surface area contributed by atoms with Crippen molar-refractivity contribution in [2.45, 2.75) is 26.3 Å². The average molecular weight is 277 g/mol. The number of nitrogens with one attached hydrogen (secondary N) is 1. The Hall–Kier alpha value is -1.75. The van der Waals surface area contributed by atoms with Gasteiger partial charge in [0.25, 0.3) is 0 Å². The number of ether oxygens (including phenoxy) is 1. The Balaban J connectivity index is 1.97. The van der Waals surface area contributed by atoms with Crippen LogP contribution in [0.1, 0.15) is 30.9 Å². The molecule has 4 N–H and O–H groups in total. The van der Waals surface area contributed by atoms with Crippen molar-refractivity contribution in [3.05, 3.63) is 29.3 Å². The van der Waals surface area contributed by atoms with Gasteiger partial charge in [0.05, 0.1) is 12.7 Å². The molecule has 2 rings (SSSR count). The van der Waals surface area contributed by atoms with Crippen molar-refractivity contribution in [1.82, 2.24) is 5.32 Å². The maximum absolute atomic E-state index is 8.81. The SMILES string of the molecule is COc1ccc(CNCC(C)C2CC2)cc1/C(N)=N/O. The van der Waals surface area contributed by atoms with E-state index in [4.69, 9.17) is 15.7 Å². The maximum atomic E-state index is 8.81. The monoisotopic (exact) mass is 277 g/mol.